The smallest absolute Gasteiger partial charge is 0.192 e. The molecule has 0 bridgehead atoms. The highest BCUT2D eigenvalue weighted by Gasteiger charge is 2.41. The molecule has 0 atom stereocenters. The molecule has 108 valence electrons. The summed E-state index contributed by atoms with van der Waals surface area (Å²) in [7, 11) is -1.75. The van der Waals surface area contributed by atoms with Gasteiger partial charge in [-0.15, -0.1) is 0 Å². The first kappa shape index (κ1) is 16.9. The Kier molecular flexibility index (Phi) is 5.02. The number of aromatic nitrogens is 1. The Morgan fingerprint density at radius 1 is 1.21 bits per heavy atom. The van der Waals surface area contributed by atoms with E-state index in [-0.39, 0.29) is 10.6 Å². The lowest BCUT2D eigenvalue weighted by molar-refractivity contribution is 0.0908. The molecule has 1 aromatic heterocycles. The van der Waals surface area contributed by atoms with Gasteiger partial charge in [-0.1, -0.05) is 20.8 Å². The monoisotopic (exact) mass is 343 g/mol. The van der Waals surface area contributed by atoms with Crippen LogP contribution in [0.15, 0.2) is 22.8 Å². The molecule has 0 fully saturated rings. The quantitative estimate of drug-likeness (QED) is 0.702. The summed E-state index contributed by atoms with van der Waals surface area (Å²) in [5, 5.41) is 0.228. The molecular formula is C15H26BrNOSi. The topological polar surface area (TPSA) is 22.1 Å². The van der Waals surface area contributed by atoms with Gasteiger partial charge in [0.05, 0.1) is 11.3 Å². The van der Waals surface area contributed by atoms with Crippen molar-refractivity contribution in [3.05, 3.63) is 28.5 Å². The molecule has 1 aromatic rings. The summed E-state index contributed by atoms with van der Waals surface area (Å²) in [4.78, 5) is 4.44. The highest BCUT2D eigenvalue weighted by Crippen LogP contribution is 2.39. The maximum atomic E-state index is 6.53. The van der Waals surface area contributed by atoms with Crippen LogP contribution in [0.25, 0.3) is 0 Å². The summed E-state index contributed by atoms with van der Waals surface area (Å²) in [6, 6.07) is 3.97. The Morgan fingerprint density at radius 2 is 1.79 bits per heavy atom. The molecule has 0 N–H and O–H groups in total. The molecule has 1 heterocycles. The van der Waals surface area contributed by atoms with Gasteiger partial charge in [0.25, 0.3) is 0 Å². The maximum absolute atomic E-state index is 6.53. The van der Waals surface area contributed by atoms with Crippen molar-refractivity contribution >= 4 is 24.2 Å². The van der Waals surface area contributed by atoms with Crippen LogP contribution in [0.2, 0.25) is 18.1 Å². The third-order valence-electron chi connectivity index (χ3n) is 3.77. The number of halogens is 1. The molecule has 4 heteroatoms. The number of hydrogen-bond acceptors (Lipinski definition) is 2. The van der Waals surface area contributed by atoms with Gasteiger partial charge >= 0.3 is 0 Å². The van der Waals surface area contributed by atoms with Gasteiger partial charge in [-0.25, -0.2) is 0 Å². The summed E-state index contributed by atoms with van der Waals surface area (Å²) < 4.78 is 7.58. The molecule has 0 aliphatic carbocycles. The van der Waals surface area contributed by atoms with Crippen LogP contribution in [0.4, 0.5) is 0 Å². The van der Waals surface area contributed by atoms with E-state index < -0.39 is 8.32 Å². The van der Waals surface area contributed by atoms with Crippen LogP contribution in [0.3, 0.4) is 0 Å². The molecule has 19 heavy (non-hydrogen) atoms. The lowest BCUT2D eigenvalue weighted by Gasteiger charge is -2.42. The van der Waals surface area contributed by atoms with E-state index in [2.05, 4.69) is 68.6 Å². The summed E-state index contributed by atoms with van der Waals surface area (Å²) in [6.07, 6.45) is 2.66. The Morgan fingerprint density at radius 3 is 2.26 bits per heavy atom. The van der Waals surface area contributed by atoms with E-state index in [0.29, 0.717) is 0 Å². The summed E-state index contributed by atoms with van der Waals surface area (Å²) in [5.74, 6) is 0. The zero-order chi connectivity index (χ0) is 14.9. The second-order valence-corrected chi connectivity index (χ2v) is 12.8. The van der Waals surface area contributed by atoms with Crippen LogP contribution >= 0.6 is 15.9 Å². The van der Waals surface area contributed by atoms with E-state index in [1.54, 1.807) is 0 Å². The van der Waals surface area contributed by atoms with Crippen LogP contribution < -0.4 is 0 Å². The minimum Gasteiger partial charge on any atom is -0.412 e. The van der Waals surface area contributed by atoms with Crippen molar-refractivity contribution in [2.75, 3.05) is 0 Å². The number of pyridine rings is 1. The van der Waals surface area contributed by atoms with E-state index in [4.69, 9.17) is 4.43 Å². The van der Waals surface area contributed by atoms with Crippen molar-refractivity contribution in [3.63, 3.8) is 0 Å². The first-order valence-electron chi connectivity index (χ1n) is 6.74. The SMILES string of the molecule is CC(C)(Cc1ncccc1Br)O[Si](C)(C)C(C)(C)C. The number of hydrogen-bond donors (Lipinski definition) is 0. The fourth-order valence-electron chi connectivity index (χ4n) is 1.83. The predicted octanol–water partition coefficient (Wildman–Crippen LogP) is 5.19. The average molecular weight is 344 g/mol. The molecule has 1 rings (SSSR count). The number of rotatable bonds is 4. The van der Waals surface area contributed by atoms with Crippen molar-refractivity contribution < 1.29 is 4.43 Å². The average Bonchev–Trinajstić information content (AvgIpc) is 2.17. The molecule has 0 aliphatic heterocycles. The van der Waals surface area contributed by atoms with Crippen LogP contribution in [0.5, 0.6) is 0 Å². The van der Waals surface area contributed by atoms with Gasteiger partial charge in [0, 0.05) is 17.1 Å². The van der Waals surface area contributed by atoms with Crippen molar-refractivity contribution in [2.45, 2.75) is 64.8 Å². The Hall–Kier alpha value is -0.193. The third kappa shape index (κ3) is 4.69. The molecule has 0 saturated heterocycles. The highest BCUT2D eigenvalue weighted by molar-refractivity contribution is 9.10. The lowest BCUT2D eigenvalue weighted by atomic mass is 10.0. The zero-order valence-corrected chi connectivity index (χ0v) is 15.8. The largest absolute Gasteiger partial charge is 0.412 e. The number of nitrogens with zero attached hydrogens (tertiary/aromatic N) is 1. The standard InChI is InChI=1S/C15H26BrNOSi/c1-14(2,3)19(6,7)18-15(4,5)11-13-12(16)9-8-10-17-13/h8-10H,11H2,1-7H3. The Labute approximate surface area is 127 Å². The molecule has 0 aliphatic rings. The first-order valence-corrected chi connectivity index (χ1v) is 10.4. The van der Waals surface area contributed by atoms with E-state index in [0.717, 1.165) is 16.6 Å². The van der Waals surface area contributed by atoms with E-state index in [1.807, 2.05) is 18.3 Å². The fraction of sp³-hybridized carbons (Fsp3) is 0.667. The lowest BCUT2D eigenvalue weighted by Crippen LogP contribution is -2.48. The predicted molar refractivity (Wildman–Crippen MR) is 88.0 cm³/mol. The van der Waals surface area contributed by atoms with Gasteiger partial charge in [-0.3, -0.25) is 4.98 Å². The van der Waals surface area contributed by atoms with Crippen molar-refractivity contribution in [2.24, 2.45) is 0 Å². The fourth-order valence-corrected chi connectivity index (χ4v) is 3.99. The first-order chi connectivity index (χ1) is 8.45. The van der Waals surface area contributed by atoms with E-state index in [1.165, 1.54) is 0 Å². The summed E-state index contributed by atoms with van der Waals surface area (Å²) >= 11 is 3.56. The van der Waals surface area contributed by atoms with Gasteiger partial charge < -0.3 is 4.43 Å². The minimum absolute atomic E-state index is 0.195. The van der Waals surface area contributed by atoms with Crippen LogP contribution in [-0.4, -0.2) is 18.9 Å². The zero-order valence-electron chi connectivity index (χ0n) is 13.2. The highest BCUT2D eigenvalue weighted by atomic mass is 79.9. The summed E-state index contributed by atoms with van der Waals surface area (Å²) in [5.41, 5.74) is 0.867. The van der Waals surface area contributed by atoms with Crippen molar-refractivity contribution in [1.29, 1.82) is 0 Å². The second-order valence-electron chi connectivity index (χ2n) is 7.23. The van der Waals surface area contributed by atoms with Gasteiger partial charge in [-0.2, -0.15) is 0 Å². The van der Waals surface area contributed by atoms with Crippen molar-refractivity contribution in [1.82, 2.24) is 4.98 Å². The third-order valence-corrected chi connectivity index (χ3v) is 9.16. The molecule has 0 unspecified atom stereocenters. The maximum Gasteiger partial charge on any atom is 0.192 e. The van der Waals surface area contributed by atoms with Crippen LogP contribution in [-0.2, 0) is 10.8 Å². The van der Waals surface area contributed by atoms with Gasteiger partial charge in [0.15, 0.2) is 8.32 Å². The normalized spacial score (nSPS) is 13.7. The molecule has 2 nitrogen and oxygen atoms in total. The van der Waals surface area contributed by atoms with Crippen molar-refractivity contribution in [3.8, 4) is 0 Å². The molecule has 0 amide bonds. The Bertz CT molecular complexity index is 438. The molecular weight excluding hydrogens is 318 g/mol. The van der Waals surface area contributed by atoms with E-state index >= 15 is 0 Å². The molecule has 0 saturated carbocycles. The molecule has 0 radical (unpaired) electrons. The van der Waals surface area contributed by atoms with Gasteiger partial charge in [0.2, 0.25) is 0 Å². The van der Waals surface area contributed by atoms with Crippen LogP contribution in [0, 0.1) is 0 Å². The molecule has 0 aromatic carbocycles. The van der Waals surface area contributed by atoms with E-state index in [9.17, 15) is 0 Å². The van der Waals surface area contributed by atoms with Gasteiger partial charge in [-0.05, 0) is 60.0 Å². The van der Waals surface area contributed by atoms with Crippen LogP contribution in [0.1, 0.15) is 40.3 Å². The second kappa shape index (κ2) is 5.66. The summed E-state index contributed by atoms with van der Waals surface area (Å²) in [6.45, 7) is 15.7. The minimum atomic E-state index is -1.75. The van der Waals surface area contributed by atoms with Gasteiger partial charge in [0.1, 0.15) is 0 Å². The molecule has 0 spiro atoms. The Balaban J connectivity index is 2.86.